The smallest absolute Gasteiger partial charge is 0.329 e. The number of nitrogens with zero attached hydrogens (tertiary/aromatic N) is 1. The first-order valence-electron chi connectivity index (χ1n) is 8.49. The highest BCUT2D eigenvalue weighted by Crippen LogP contribution is 2.24. The van der Waals surface area contributed by atoms with Crippen LogP contribution in [0, 0.1) is 12.7 Å². The SMILES string of the molecule is Cc1ccc(NC(=O)COC(=O)[C@H](C)N2C(=O)c3ccccc3C2=O)cc1F. The highest BCUT2D eigenvalue weighted by molar-refractivity contribution is 6.22. The van der Waals surface area contributed by atoms with Gasteiger partial charge in [0.15, 0.2) is 6.61 Å². The van der Waals surface area contributed by atoms with Crippen LogP contribution in [0.25, 0.3) is 0 Å². The van der Waals surface area contributed by atoms with Crippen molar-refractivity contribution in [1.82, 2.24) is 4.90 Å². The van der Waals surface area contributed by atoms with Gasteiger partial charge in [0, 0.05) is 5.69 Å². The summed E-state index contributed by atoms with van der Waals surface area (Å²) in [6.07, 6.45) is 0. The lowest BCUT2D eigenvalue weighted by atomic mass is 10.1. The molecule has 144 valence electrons. The number of hydrogen-bond donors (Lipinski definition) is 1. The number of rotatable bonds is 5. The zero-order valence-electron chi connectivity index (χ0n) is 15.2. The summed E-state index contributed by atoms with van der Waals surface area (Å²) < 4.78 is 18.4. The van der Waals surface area contributed by atoms with E-state index in [1.807, 2.05) is 0 Å². The number of anilines is 1. The summed E-state index contributed by atoms with van der Waals surface area (Å²) in [4.78, 5) is 49.7. The molecule has 0 spiro atoms. The van der Waals surface area contributed by atoms with E-state index in [1.165, 1.54) is 31.2 Å². The molecule has 2 aromatic rings. The topological polar surface area (TPSA) is 92.8 Å². The Labute approximate surface area is 160 Å². The number of esters is 1. The maximum atomic E-state index is 13.5. The normalized spacial score (nSPS) is 13.9. The second-order valence-electron chi connectivity index (χ2n) is 6.32. The number of benzene rings is 2. The molecule has 28 heavy (non-hydrogen) atoms. The Hall–Kier alpha value is -3.55. The van der Waals surface area contributed by atoms with Crippen LogP contribution in [0.1, 0.15) is 33.2 Å². The predicted octanol–water partition coefficient (Wildman–Crippen LogP) is 2.30. The first-order chi connectivity index (χ1) is 13.3. The highest BCUT2D eigenvalue weighted by atomic mass is 19.1. The molecule has 1 heterocycles. The van der Waals surface area contributed by atoms with Gasteiger partial charge < -0.3 is 10.1 Å². The van der Waals surface area contributed by atoms with Gasteiger partial charge in [0.1, 0.15) is 11.9 Å². The van der Waals surface area contributed by atoms with Crippen LogP contribution in [0.4, 0.5) is 10.1 Å². The van der Waals surface area contributed by atoms with E-state index >= 15 is 0 Å². The Kier molecular flexibility index (Phi) is 5.21. The van der Waals surface area contributed by atoms with E-state index in [-0.39, 0.29) is 16.8 Å². The van der Waals surface area contributed by atoms with Gasteiger partial charge in [-0.3, -0.25) is 19.3 Å². The summed E-state index contributed by atoms with van der Waals surface area (Å²) in [5.41, 5.74) is 1.08. The molecular weight excluding hydrogens is 367 g/mol. The number of carbonyl (C=O) groups is 4. The zero-order chi connectivity index (χ0) is 20.4. The summed E-state index contributed by atoms with van der Waals surface area (Å²) in [6, 6.07) is 9.21. The number of halogens is 1. The van der Waals surface area contributed by atoms with Crippen LogP contribution in [0.3, 0.4) is 0 Å². The fourth-order valence-corrected chi connectivity index (χ4v) is 2.79. The van der Waals surface area contributed by atoms with E-state index in [0.717, 1.165) is 11.0 Å². The molecular formula is C20H17FN2O5. The molecule has 0 aromatic heterocycles. The van der Waals surface area contributed by atoms with Crippen molar-refractivity contribution in [3.63, 3.8) is 0 Å². The molecule has 2 aromatic carbocycles. The van der Waals surface area contributed by atoms with E-state index in [1.54, 1.807) is 19.1 Å². The lowest BCUT2D eigenvalue weighted by Crippen LogP contribution is -2.44. The average molecular weight is 384 g/mol. The maximum Gasteiger partial charge on any atom is 0.329 e. The first kappa shape index (κ1) is 19.2. The second kappa shape index (κ2) is 7.59. The molecule has 0 unspecified atom stereocenters. The van der Waals surface area contributed by atoms with Crippen molar-refractivity contribution in [2.75, 3.05) is 11.9 Å². The van der Waals surface area contributed by atoms with Gasteiger partial charge in [-0.1, -0.05) is 18.2 Å². The number of imide groups is 1. The van der Waals surface area contributed by atoms with Crippen molar-refractivity contribution in [3.05, 3.63) is 65.0 Å². The fourth-order valence-electron chi connectivity index (χ4n) is 2.79. The van der Waals surface area contributed by atoms with Crippen LogP contribution in [-0.2, 0) is 14.3 Å². The third-order valence-corrected chi connectivity index (χ3v) is 4.36. The molecule has 0 radical (unpaired) electrons. The number of carbonyl (C=O) groups excluding carboxylic acids is 4. The third kappa shape index (κ3) is 3.62. The van der Waals surface area contributed by atoms with E-state index in [9.17, 15) is 23.6 Å². The van der Waals surface area contributed by atoms with Crippen LogP contribution in [-0.4, -0.2) is 41.2 Å². The Morgan fingerprint density at radius 2 is 1.71 bits per heavy atom. The zero-order valence-corrected chi connectivity index (χ0v) is 15.2. The maximum absolute atomic E-state index is 13.5. The minimum Gasteiger partial charge on any atom is -0.454 e. The van der Waals surface area contributed by atoms with Gasteiger partial charge in [-0.15, -0.1) is 0 Å². The van der Waals surface area contributed by atoms with E-state index in [4.69, 9.17) is 4.74 Å². The van der Waals surface area contributed by atoms with Gasteiger partial charge in [-0.25, -0.2) is 9.18 Å². The Morgan fingerprint density at radius 3 is 2.29 bits per heavy atom. The van der Waals surface area contributed by atoms with Crippen LogP contribution in [0.2, 0.25) is 0 Å². The summed E-state index contributed by atoms with van der Waals surface area (Å²) in [7, 11) is 0. The molecule has 0 fully saturated rings. The molecule has 1 aliphatic rings. The second-order valence-corrected chi connectivity index (χ2v) is 6.32. The Morgan fingerprint density at radius 1 is 1.11 bits per heavy atom. The minimum atomic E-state index is -1.20. The lowest BCUT2D eigenvalue weighted by molar-refractivity contribution is -0.150. The molecule has 3 rings (SSSR count). The number of aryl methyl sites for hydroxylation is 1. The molecule has 0 saturated heterocycles. The number of nitrogens with one attached hydrogen (secondary N) is 1. The lowest BCUT2D eigenvalue weighted by Gasteiger charge is -2.20. The summed E-state index contributed by atoms with van der Waals surface area (Å²) >= 11 is 0. The van der Waals surface area contributed by atoms with Gasteiger partial charge in [-0.2, -0.15) is 0 Å². The van der Waals surface area contributed by atoms with Crippen molar-refractivity contribution in [2.24, 2.45) is 0 Å². The van der Waals surface area contributed by atoms with E-state index in [2.05, 4.69) is 5.32 Å². The molecule has 7 nitrogen and oxygen atoms in total. The van der Waals surface area contributed by atoms with Crippen LogP contribution >= 0.6 is 0 Å². The van der Waals surface area contributed by atoms with Gasteiger partial charge in [-0.05, 0) is 43.7 Å². The minimum absolute atomic E-state index is 0.214. The highest BCUT2D eigenvalue weighted by Gasteiger charge is 2.41. The number of amides is 3. The Balaban J connectivity index is 1.59. The van der Waals surface area contributed by atoms with Crippen molar-refractivity contribution >= 4 is 29.4 Å². The summed E-state index contributed by atoms with van der Waals surface area (Å²) in [5.74, 6) is -3.24. The number of hydrogen-bond acceptors (Lipinski definition) is 5. The third-order valence-electron chi connectivity index (χ3n) is 4.36. The molecule has 0 aliphatic carbocycles. The monoisotopic (exact) mass is 384 g/mol. The van der Waals surface area contributed by atoms with Crippen molar-refractivity contribution < 1.29 is 28.3 Å². The Bertz CT molecular complexity index is 953. The van der Waals surface area contributed by atoms with Crippen LogP contribution < -0.4 is 5.32 Å². The van der Waals surface area contributed by atoms with Gasteiger partial charge >= 0.3 is 5.97 Å². The quantitative estimate of drug-likeness (QED) is 0.631. The number of ether oxygens (including phenoxy) is 1. The van der Waals surface area contributed by atoms with Crippen LogP contribution in [0.15, 0.2) is 42.5 Å². The standard InChI is InChI=1S/C20H17FN2O5/c1-11-7-8-13(9-16(11)21)22-17(24)10-28-20(27)12(2)23-18(25)14-5-3-4-6-15(14)19(23)26/h3-9,12H,10H2,1-2H3,(H,22,24)/t12-/m0/s1. The van der Waals surface area contributed by atoms with Crippen LogP contribution in [0.5, 0.6) is 0 Å². The molecule has 1 aliphatic heterocycles. The number of fused-ring (bicyclic) bond motifs is 1. The first-order valence-corrected chi connectivity index (χ1v) is 8.49. The molecule has 0 saturated carbocycles. The van der Waals surface area contributed by atoms with Gasteiger partial charge in [0.05, 0.1) is 11.1 Å². The van der Waals surface area contributed by atoms with Gasteiger partial charge in [0.25, 0.3) is 17.7 Å². The van der Waals surface area contributed by atoms with E-state index in [0.29, 0.717) is 5.56 Å². The van der Waals surface area contributed by atoms with Gasteiger partial charge in [0.2, 0.25) is 0 Å². The molecule has 1 atom stereocenters. The largest absolute Gasteiger partial charge is 0.454 e. The van der Waals surface area contributed by atoms with Crippen molar-refractivity contribution in [2.45, 2.75) is 19.9 Å². The average Bonchev–Trinajstić information content (AvgIpc) is 2.93. The molecule has 3 amide bonds. The molecule has 1 N–H and O–H groups in total. The molecule has 0 bridgehead atoms. The molecule has 8 heteroatoms. The van der Waals surface area contributed by atoms with Crippen molar-refractivity contribution in [1.29, 1.82) is 0 Å². The summed E-state index contributed by atoms with van der Waals surface area (Å²) in [6.45, 7) is 2.29. The van der Waals surface area contributed by atoms with E-state index < -0.39 is 42.2 Å². The summed E-state index contributed by atoms with van der Waals surface area (Å²) in [5, 5.41) is 2.40. The fraction of sp³-hybridized carbons (Fsp3) is 0.200. The predicted molar refractivity (Wildman–Crippen MR) is 97.1 cm³/mol. The van der Waals surface area contributed by atoms with Crippen molar-refractivity contribution in [3.8, 4) is 0 Å².